The zero-order chi connectivity index (χ0) is 11.8. The van der Waals surface area contributed by atoms with Gasteiger partial charge in [-0.05, 0) is 18.9 Å². The fourth-order valence-electron chi connectivity index (χ4n) is 1.62. The van der Waals surface area contributed by atoms with Crippen LogP contribution in [0.15, 0.2) is 24.5 Å². The highest BCUT2D eigenvalue weighted by Crippen LogP contribution is 2.09. The second-order valence-electron chi connectivity index (χ2n) is 3.95. The van der Waals surface area contributed by atoms with Crippen LogP contribution in [0.1, 0.15) is 46.0 Å². The maximum atomic E-state index is 11.4. The molecule has 0 unspecified atom stereocenters. The Morgan fingerprint density at radius 2 is 2.19 bits per heavy atom. The van der Waals surface area contributed by atoms with Crippen molar-refractivity contribution in [3.63, 3.8) is 0 Å². The van der Waals surface area contributed by atoms with Gasteiger partial charge in [-0.2, -0.15) is 5.10 Å². The van der Waals surface area contributed by atoms with Crippen molar-refractivity contribution in [3.05, 3.63) is 24.5 Å². The molecule has 0 saturated heterocycles. The first-order valence-corrected chi connectivity index (χ1v) is 5.96. The molecular weight excluding hydrogens is 200 g/mol. The van der Waals surface area contributed by atoms with Gasteiger partial charge >= 0.3 is 0 Å². The van der Waals surface area contributed by atoms with Crippen LogP contribution in [0, 0.1) is 0 Å². The van der Waals surface area contributed by atoms with Gasteiger partial charge in [0.2, 0.25) is 0 Å². The fraction of sp³-hybridized carbons (Fsp3) is 0.538. The van der Waals surface area contributed by atoms with Gasteiger partial charge in [-0.1, -0.05) is 32.3 Å². The molecule has 1 heterocycles. The molecule has 88 valence electrons. The second-order valence-corrected chi connectivity index (χ2v) is 3.95. The van der Waals surface area contributed by atoms with Crippen molar-refractivity contribution < 1.29 is 4.79 Å². The second kappa shape index (κ2) is 6.99. The molecule has 3 nitrogen and oxygen atoms in total. The molecular formula is C13H20N2O. The summed E-state index contributed by atoms with van der Waals surface area (Å²) in [6.07, 6.45) is 11.3. The van der Waals surface area contributed by atoms with Gasteiger partial charge in [0.1, 0.15) is 5.70 Å². The number of nitrogens with zero attached hydrogens (tertiary/aromatic N) is 2. The lowest BCUT2D eigenvalue weighted by Gasteiger charge is -2.03. The largest absolute Gasteiger partial charge is 0.293 e. The van der Waals surface area contributed by atoms with Crippen LogP contribution in [0.5, 0.6) is 0 Å². The Morgan fingerprint density at radius 3 is 2.75 bits per heavy atom. The number of rotatable bonds is 7. The van der Waals surface area contributed by atoms with Crippen LogP contribution in [-0.2, 0) is 4.79 Å². The van der Waals surface area contributed by atoms with Crippen molar-refractivity contribution in [1.82, 2.24) is 9.78 Å². The van der Waals surface area contributed by atoms with Crippen molar-refractivity contribution in [2.75, 3.05) is 0 Å². The molecule has 1 aromatic heterocycles. The summed E-state index contributed by atoms with van der Waals surface area (Å²) in [5.74, 6) is 0.0687. The Balaban J connectivity index is 2.51. The van der Waals surface area contributed by atoms with Gasteiger partial charge in [-0.3, -0.25) is 4.79 Å². The minimum atomic E-state index is 0.0687. The van der Waals surface area contributed by atoms with Crippen molar-refractivity contribution in [1.29, 1.82) is 0 Å². The van der Waals surface area contributed by atoms with Crippen molar-refractivity contribution in [2.45, 2.75) is 46.0 Å². The van der Waals surface area contributed by atoms with Crippen LogP contribution < -0.4 is 0 Å². The number of carbonyl (C=O) groups is 1. The summed E-state index contributed by atoms with van der Waals surface area (Å²) in [6, 6.07) is 1.83. The molecule has 0 radical (unpaired) electrons. The molecule has 0 aromatic carbocycles. The molecule has 16 heavy (non-hydrogen) atoms. The molecule has 1 aromatic rings. The number of ketones is 1. The van der Waals surface area contributed by atoms with E-state index in [1.807, 2.05) is 12.1 Å². The average Bonchev–Trinajstić information content (AvgIpc) is 2.76. The molecule has 0 N–H and O–H groups in total. The van der Waals surface area contributed by atoms with E-state index in [9.17, 15) is 4.79 Å². The van der Waals surface area contributed by atoms with Gasteiger partial charge in [0.05, 0.1) is 0 Å². The maximum Gasteiger partial charge on any atom is 0.177 e. The molecule has 3 heteroatoms. The lowest BCUT2D eigenvalue weighted by atomic mass is 10.1. The van der Waals surface area contributed by atoms with Gasteiger partial charge in [0.15, 0.2) is 5.78 Å². The first kappa shape index (κ1) is 12.7. The molecule has 1 rings (SSSR count). The normalized spacial score (nSPS) is 11.8. The van der Waals surface area contributed by atoms with E-state index in [0.29, 0.717) is 5.70 Å². The van der Waals surface area contributed by atoms with Crippen LogP contribution in [0.3, 0.4) is 0 Å². The lowest BCUT2D eigenvalue weighted by Crippen LogP contribution is -2.05. The number of hydrogen-bond acceptors (Lipinski definition) is 2. The van der Waals surface area contributed by atoms with Crippen LogP contribution in [0.25, 0.3) is 5.70 Å². The summed E-state index contributed by atoms with van der Waals surface area (Å²) in [5, 5.41) is 4.08. The van der Waals surface area contributed by atoms with Gasteiger partial charge in [0.25, 0.3) is 0 Å². The number of Topliss-reactive ketones (excluding diaryl/α,β-unsaturated/α-hetero) is 1. The van der Waals surface area contributed by atoms with E-state index < -0.39 is 0 Å². The predicted octanol–water partition coefficient (Wildman–Crippen LogP) is 3.28. The zero-order valence-electron chi connectivity index (χ0n) is 10.1. The van der Waals surface area contributed by atoms with Crippen molar-refractivity contribution in [2.24, 2.45) is 0 Å². The van der Waals surface area contributed by atoms with Crippen LogP contribution in [-0.4, -0.2) is 15.6 Å². The summed E-state index contributed by atoms with van der Waals surface area (Å²) in [4.78, 5) is 11.4. The number of unbranched alkanes of at least 4 members (excludes halogenated alkanes) is 4. The van der Waals surface area contributed by atoms with E-state index >= 15 is 0 Å². The summed E-state index contributed by atoms with van der Waals surface area (Å²) in [7, 11) is 0. The van der Waals surface area contributed by atoms with Crippen molar-refractivity contribution >= 4 is 11.5 Å². The molecule has 0 bridgehead atoms. The smallest absolute Gasteiger partial charge is 0.177 e. The maximum absolute atomic E-state index is 11.4. The van der Waals surface area contributed by atoms with Gasteiger partial charge in [-0.15, -0.1) is 0 Å². The Kier molecular flexibility index (Phi) is 5.54. The third-order valence-corrected chi connectivity index (χ3v) is 2.51. The number of allylic oxidation sites excluding steroid dienone is 2. The Hall–Kier alpha value is -1.38. The molecule has 0 atom stereocenters. The van der Waals surface area contributed by atoms with E-state index in [0.717, 1.165) is 12.8 Å². The highest BCUT2D eigenvalue weighted by Gasteiger charge is 2.05. The number of aromatic nitrogens is 2. The van der Waals surface area contributed by atoms with Gasteiger partial charge in [-0.25, -0.2) is 4.68 Å². The molecule has 0 aliphatic carbocycles. The highest BCUT2D eigenvalue weighted by molar-refractivity contribution is 6.13. The molecule has 0 amide bonds. The fourth-order valence-corrected chi connectivity index (χ4v) is 1.62. The quantitative estimate of drug-likeness (QED) is 0.522. The standard InChI is InChI=1S/C13H20N2O/c1-3-4-5-6-7-9-13(12(2)16)15-11-8-10-14-15/h8-11H,3-7H2,1-2H3/b13-9-. The zero-order valence-corrected chi connectivity index (χ0v) is 10.1. The molecule has 0 aliphatic rings. The van der Waals surface area contributed by atoms with Crippen LogP contribution in [0.4, 0.5) is 0 Å². The van der Waals surface area contributed by atoms with Gasteiger partial charge < -0.3 is 0 Å². The minimum absolute atomic E-state index is 0.0687. The summed E-state index contributed by atoms with van der Waals surface area (Å²) >= 11 is 0. The first-order valence-electron chi connectivity index (χ1n) is 5.96. The first-order chi connectivity index (χ1) is 7.75. The SMILES string of the molecule is CCCCCC/C=C(/C(C)=O)n1cccn1. The Bertz CT molecular complexity index is 339. The van der Waals surface area contributed by atoms with Gasteiger partial charge in [0, 0.05) is 19.3 Å². The van der Waals surface area contributed by atoms with E-state index in [4.69, 9.17) is 0 Å². The molecule has 0 aliphatic heterocycles. The number of carbonyl (C=O) groups excluding carboxylic acids is 1. The Labute approximate surface area is 97.2 Å². The summed E-state index contributed by atoms with van der Waals surface area (Å²) in [5.41, 5.74) is 0.682. The van der Waals surface area contributed by atoms with Crippen molar-refractivity contribution in [3.8, 4) is 0 Å². The Morgan fingerprint density at radius 1 is 1.38 bits per heavy atom. The third kappa shape index (κ3) is 4.01. The monoisotopic (exact) mass is 220 g/mol. The third-order valence-electron chi connectivity index (χ3n) is 2.51. The van der Waals surface area contributed by atoms with Crippen LogP contribution in [0.2, 0.25) is 0 Å². The predicted molar refractivity (Wildman–Crippen MR) is 65.9 cm³/mol. The van der Waals surface area contributed by atoms with E-state index in [-0.39, 0.29) is 5.78 Å². The van der Waals surface area contributed by atoms with Crippen LogP contribution >= 0.6 is 0 Å². The van der Waals surface area contributed by atoms with E-state index in [2.05, 4.69) is 12.0 Å². The summed E-state index contributed by atoms with van der Waals surface area (Å²) in [6.45, 7) is 3.78. The number of hydrogen-bond donors (Lipinski definition) is 0. The van der Waals surface area contributed by atoms with E-state index in [1.165, 1.54) is 19.3 Å². The highest BCUT2D eigenvalue weighted by atomic mass is 16.1. The topological polar surface area (TPSA) is 34.9 Å². The minimum Gasteiger partial charge on any atom is -0.293 e. The van der Waals surface area contributed by atoms with E-state index in [1.54, 1.807) is 24.0 Å². The molecule has 0 saturated carbocycles. The lowest BCUT2D eigenvalue weighted by molar-refractivity contribution is -0.112. The molecule has 0 spiro atoms. The average molecular weight is 220 g/mol. The summed E-state index contributed by atoms with van der Waals surface area (Å²) < 4.78 is 1.64. The molecule has 0 fully saturated rings.